The van der Waals surface area contributed by atoms with E-state index in [1.807, 2.05) is 51.1 Å². The Morgan fingerprint density at radius 3 is 2.27 bits per heavy atom. The highest BCUT2D eigenvalue weighted by atomic mass is 16.3. The molecule has 0 bridgehead atoms. The van der Waals surface area contributed by atoms with Crippen molar-refractivity contribution in [2.24, 2.45) is 10.2 Å². The minimum absolute atomic E-state index is 0.0258. The van der Waals surface area contributed by atoms with Gasteiger partial charge in [0.25, 0.3) is 0 Å². The van der Waals surface area contributed by atoms with Crippen LogP contribution in [0.3, 0.4) is 0 Å². The molecule has 0 saturated carbocycles. The molecular weight excluding hydrogens is 378 g/mol. The minimum atomic E-state index is -0.300. The lowest BCUT2D eigenvalue weighted by Crippen LogP contribution is -1.95. The van der Waals surface area contributed by atoms with E-state index in [-0.39, 0.29) is 23.9 Å². The molecular formula is C24H23N3O3. The van der Waals surface area contributed by atoms with Gasteiger partial charge in [-0.3, -0.25) is 4.57 Å². The fraction of sp³-hybridized carbons (Fsp3) is 0.167. The first-order valence-electron chi connectivity index (χ1n) is 9.65. The molecule has 0 aliphatic carbocycles. The molecule has 3 N–H and O–H groups in total. The van der Waals surface area contributed by atoms with Gasteiger partial charge in [-0.05, 0) is 61.7 Å². The zero-order valence-electron chi connectivity index (χ0n) is 17.1. The first-order valence-corrected chi connectivity index (χ1v) is 9.65. The highest BCUT2D eigenvalue weighted by molar-refractivity contribution is 5.96. The summed E-state index contributed by atoms with van der Waals surface area (Å²) in [6.45, 7) is 5.73. The Morgan fingerprint density at radius 1 is 0.833 bits per heavy atom. The van der Waals surface area contributed by atoms with E-state index in [4.69, 9.17) is 0 Å². The zero-order valence-corrected chi connectivity index (χ0v) is 17.1. The van der Waals surface area contributed by atoms with Gasteiger partial charge in [0.1, 0.15) is 11.4 Å². The largest absolute Gasteiger partial charge is 0.505 e. The molecule has 6 nitrogen and oxygen atoms in total. The summed E-state index contributed by atoms with van der Waals surface area (Å²) in [5, 5.41) is 39.9. The molecule has 0 aliphatic rings. The molecule has 0 atom stereocenters. The van der Waals surface area contributed by atoms with E-state index in [1.54, 1.807) is 22.8 Å². The van der Waals surface area contributed by atoms with Gasteiger partial charge in [0.2, 0.25) is 5.88 Å². The lowest BCUT2D eigenvalue weighted by atomic mass is 10.1. The second-order valence-corrected chi connectivity index (χ2v) is 7.52. The maximum atomic E-state index is 11.1. The van der Waals surface area contributed by atoms with E-state index in [9.17, 15) is 15.3 Å². The number of benzene rings is 3. The highest BCUT2D eigenvalue weighted by Crippen LogP contribution is 2.42. The van der Waals surface area contributed by atoms with Gasteiger partial charge in [-0.15, -0.1) is 10.2 Å². The number of aliphatic hydroxyl groups excluding tert-OH is 1. The third kappa shape index (κ3) is 3.42. The molecule has 0 unspecified atom stereocenters. The highest BCUT2D eigenvalue weighted by Gasteiger charge is 2.19. The van der Waals surface area contributed by atoms with Gasteiger partial charge in [-0.2, -0.15) is 0 Å². The molecule has 30 heavy (non-hydrogen) atoms. The number of aryl methyl sites for hydroxylation is 3. The van der Waals surface area contributed by atoms with E-state index < -0.39 is 0 Å². The summed E-state index contributed by atoms with van der Waals surface area (Å²) in [5.41, 5.74) is 5.80. The first-order chi connectivity index (χ1) is 14.4. The van der Waals surface area contributed by atoms with Crippen LogP contribution in [-0.2, 0) is 6.61 Å². The molecule has 0 aliphatic heterocycles. The third-order valence-corrected chi connectivity index (χ3v) is 5.06. The second-order valence-electron chi connectivity index (χ2n) is 7.52. The summed E-state index contributed by atoms with van der Waals surface area (Å²) in [6.07, 6.45) is 0. The van der Waals surface area contributed by atoms with Crippen LogP contribution < -0.4 is 0 Å². The number of para-hydroxylation sites is 1. The number of azo groups is 1. The second kappa shape index (κ2) is 7.65. The first kappa shape index (κ1) is 19.7. The fourth-order valence-corrected chi connectivity index (χ4v) is 3.70. The van der Waals surface area contributed by atoms with Crippen LogP contribution in [0.2, 0.25) is 0 Å². The quantitative estimate of drug-likeness (QED) is 0.373. The summed E-state index contributed by atoms with van der Waals surface area (Å²) in [7, 11) is 0. The summed E-state index contributed by atoms with van der Waals surface area (Å²) in [5.74, 6) is -0.153. The summed E-state index contributed by atoms with van der Waals surface area (Å²) in [4.78, 5) is 0. The smallest absolute Gasteiger partial charge is 0.225 e. The number of rotatable bonds is 4. The average Bonchev–Trinajstić information content (AvgIpc) is 2.97. The fourth-order valence-electron chi connectivity index (χ4n) is 3.70. The van der Waals surface area contributed by atoms with Crippen LogP contribution in [0.5, 0.6) is 11.6 Å². The van der Waals surface area contributed by atoms with Crippen molar-refractivity contribution in [3.05, 3.63) is 76.9 Å². The van der Waals surface area contributed by atoms with E-state index in [1.165, 1.54) is 0 Å². The number of phenols is 1. The molecule has 1 aromatic heterocycles. The summed E-state index contributed by atoms with van der Waals surface area (Å²) >= 11 is 0. The van der Waals surface area contributed by atoms with Crippen molar-refractivity contribution in [3.63, 3.8) is 0 Å². The monoisotopic (exact) mass is 401 g/mol. The molecule has 4 aromatic rings. The van der Waals surface area contributed by atoms with Gasteiger partial charge < -0.3 is 15.3 Å². The van der Waals surface area contributed by atoms with Crippen LogP contribution in [0.1, 0.15) is 22.3 Å². The van der Waals surface area contributed by atoms with E-state index in [0.717, 1.165) is 33.3 Å². The SMILES string of the molecule is Cc1cc(C)cc(-n2c(O)c(N=Nc3cccc(CO)c3O)c3ccc(C)cc32)c1. The minimum Gasteiger partial charge on any atom is -0.505 e. The van der Waals surface area contributed by atoms with Crippen molar-refractivity contribution in [2.45, 2.75) is 27.4 Å². The molecule has 0 saturated heterocycles. The van der Waals surface area contributed by atoms with Crippen molar-refractivity contribution in [1.29, 1.82) is 0 Å². The molecule has 0 amide bonds. The molecule has 6 heteroatoms. The maximum Gasteiger partial charge on any atom is 0.225 e. The average molecular weight is 401 g/mol. The summed E-state index contributed by atoms with van der Waals surface area (Å²) < 4.78 is 1.76. The number of aliphatic hydroxyl groups is 1. The molecule has 4 rings (SSSR count). The van der Waals surface area contributed by atoms with Crippen LogP contribution in [0.4, 0.5) is 11.4 Å². The van der Waals surface area contributed by atoms with Gasteiger partial charge in [0.15, 0.2) is 5.69 Å². The Kier molecular flexibility index (Phi) is 5.01. The maximum absolute atomic E-state index is 11.1. The van der Waals surface area contributed by atoms with Crippen LogP contribution in [0.15, 0.2) is 64.8 Å². The van der Waals surface area contributed by atoms with Crippen molar-refractivity contribution in [1.82, 2.24) is 4.57 Å². The Balaban J connectivity index is 1.93. The Labute approximate surface area is 174 Å². The zero-order chi connectivity index (χ0) is 21.4. The number of hydrogen-bond donors (Lipinski definition) is 3. The van der Waals surface area contributed by atoms with Gasteiger partial charge in [0.05, 0.1) is 12.1 Å². The number of fused-ring (bicyclic) bond motifs is 1. The van der Waals surface area contributed by atoms with Crippen LogP contribution >= 0.6 is 0 Å². The molecule has 3 aromatic carbocycles. The predicted molar refractivity (Wildman–Crippen MR) is 117 cm³/mol. The van der Waals surface area contributed by atoms with Crippen LogP contribution in [-0.4, -0.2) is 19.9 Å². The van der Waals surface area contributed by atoms with Crippen LogP contribution in [0.25, 0.3) is 16.6 Å². The van der Waals surface area contributed by atoms with Crippen LogP contribution in [0, 0.1) is 20.8 Å². The molecule has 0 radical (unpaired) electrons. The third-order valence-electron chi connectivity index (χ3n) is 5.06. The number of aromatic hydroxyl groups is 2. The molecule has 0 spiro atoms. The Morgan fingerprint density at radius 2 is 1.57 bits per heavy atom. The topological polar surface area (TPSA) is 90.3 Å². The standard InChI is InChI=1S/C24H23N3O3/c1-14-7-8-19-21(12-14)27(18-10-15(2)9-16(3)11-18)24(30)22(19)26-25-20-6-4-5-17(13-28)23(20)29/h4-12,28-30H,13H2,1-3H3. The molecule has 0 fully saturated rings. The number of aromatic nitrogens is 1. The van der Waals surface area contributed by atoms with Gasteiger partial charge >= 0.3 is 0 Å². The lowest BCUT2D eigenvalue weighted by Gasteiger charge is -2.10. The Hall–Kier alpha value is -3.64. The van der Waals surface area contributed by atoms with Gasteiger partial charge in [-0.1, -0.05) is 30.3 Å². The van der Waals surface area contributed by atoms with Crippen molar-refractivity contribution < 1.29 is 15.3 Å². The van der Waals surface area contributed by atoms with Crippen molar-refractivity contribution in [3.8, 4) is 17.3 Å². The van der Waals surface area contributed by atoms with Crippen molar-refractivity contribution >= 4 is 22.3 Å². The lowest BCUT2D eigenvalue weighted by molar-refractivity contribution is 0.275. The van der Waals surface area contributed by atoms with Gasteiger partial charge in [-0.25, -0.2) is 0 Å². The van der Waals surface area contributed by atoms with E-state index >= 15 is 0 Å². The number of nitrogens with zero attached hydrogens (tertiary/aromatic N) is 3. The summed E-state index contributed by atoms with van der Waals surface area (Å²) in [6, 6.07) is 16.8. The van der Waals surface area contributed by atoms with E-state index in [2.05, 4.69) is 16.3 Å². The van der Waals surface area contributed by atoms with Crippen molar-refractivity contribution in [2.75, 3.05) is 0 Å². The van der Waals surface area contributed by atoms with E-state index in [0.29, 0.717) is 11.3 Å². The predicted octanol–water partition coefficient (Wildman–Crippen LogP) is 5.87. The van der Waals surface area contributed by atoms with Gasteiger partial charge in [0, 0.05) is 16.6 Å². The Bertz CT molecular complexity index is 1270. The molecule has 1 heterocycles. The molecule has 152 valence electrons. The normalized spacial score (nSPS) is 11.6. The number of hydrogen-bond acceptors (Lipinski definition) is 5.